The SMILES string of the molecule is CC(C)(C)OC(=O)Nc1cccc(C(O)c2ccc(F)c(NC(=O)c3cc(C(F)(F)F)nn3-c3cccc(CNC(=O)O)c3)c2)c1. The molecule has 0 saturated heterocycles. The summed E-state index contributed by atoms with van der Waals surface area (Å²) in [5, 5.41) is 30.3. The van der Waals surface area contributed by atoms with Crippen LogP contribution in [0.1, 0.15) is 59.7 Å². The number of anilines is 2. The second-order valence-electron chi connectivity index (χ2n) is 11.0. The standard InChI is InChI=1S/C31H29F4N5O6/c1-30(2,3)46-29(45)37-20-8-5-7-18(13-20)26(41)19-10-11-22(32)23(14-19)38-27(42)24-15-25(31(33,34)35)39-40(24)21-9-4-6-17(12-21)16-36-28(43)44/h4-15,26,36,41H,16H2,1-3H3,(H,37,45)(H,38,42)(H,43,44). The van der Waals surface area contributed by atoms with Gasteiger partial charge in [-0.1, -0.05) is 30.3 Å². The summed E-state index contributed by atoms with van der Waals surface area (Å²) in [7, 11) is 0. The maximum atomic E-state index is 14.9. The summed E-state index contributed by atoms with van der Waals surface area (Å²) in [5.41, 5.74) is -2.08. The molecule has 4 rings (SSSR count). The highest BCUT2D eigenvalue weighted by molar-refractivity contribution is 6.03. The molecule has 3 amide bonds. The lowest BCUT2D eigenvalue weighted by Crippen LogP contribution is -2.27. The van der Waals surface area contributed by atoms with E-state index in [1.54, 1.807) is 39.0 Å². The number of hydrogen-bond acceptors (Lipinski definition) is 6. The Morgan fingerprint density at radius 2 is 1.63 bits per heavy atom. The van der Waals surface area contributed by atoms with Gasteiger partial charge in [0.2, 0.25) is 0 Å². The quantitative estimate of drug-likeness (QED) is 0.138. The van der Waals surface area contributed by atoms with Crippen LogP contribution in [0.4, 0.5) is 38.5 Å². The first-order valence-corrected chi connectivity index (χ1v) is 13.6. The van der Waals surface area contributed by atoms with Crippen LogP contribution in [0.5, 0.6) is 0 Å². The van der Waals surface area contributed by atoms with E-state index in [0.717, 1.165) is 12.1 Å². The minimum Gasteiger partial charge on any atom is -0.465 e. The molecule has 0 aliphatic heterocycles. The molecule has 0 radical (unpaired) electrons. The van der Waals surface area contributed by atoms with Gasteiger partial charge in [0.25, 0.3) is 5.91 Å². The zero-order chi connectivity index (χ0) is 33.8. The Kier molecular flexibility index (Phi) is 9.66. The summed E-state index contributed by atoms with van der Waals surface area (Å²) in [6, 6.07) is 15.6. The minimum absolute atomic E-state index is 0.00913. The van der Waals surface area contributed by atoms with Gasteiger partial charge in [0.05, 0.1) is 11.4 Å². The fraction of sp³-hybridized carbons (Fsp3) is 0.226. The average Bonchev–Trinajstić information content (AvgIpc) is 3.43. The van der Waals surface area contributed by atoms with Crippen LogP contribution in [-0.2, 0) is 17.5 Å². The van der Waals surface area contributed by atoms with Crippen LogP contribution < -0.4 is 16.0 Å². The van der Waals surface area contributed by atoms with Gasteiger partial charge < -0.3 is 25.6 Å². The van der Waals surface area contributed by atoms with Crippen LogP contribution in [0, 0.1) is 5.82 Å². The molecule has 4 aromatic rings. The van der Waals surface area contributed by atoms with Crippen molar-refractivity contribution in [1.29, 1.82) is 0 Å². The molecule has 0 bridgehead atoms. The first kappa shape index (κ1) is 33.5. The van der Waals surface area contributed by atoms with Crippen molar-refractivity contribution in [2.75, 3.05) is 10.6 Å². The zero-order valence-electron chi connectivity index (χ0n) is 24.6. The molecule has 15 heteroatoms. The Hall–Kier alpha value is -5.44. The zero-order valence-corrected chi connectivity index (χ0v) is 24.6. The molecule has 1 unspecified atom stereocenters. The van der Waals surface area contributed by atoms with E-state index >= 15 is 0 Å². The molecule has 11 nitrogen and oxygen atoms in total. The minimum atomic E-state index is -4.93. The molecule has 0 fully saturated rings. The average molecular weight is 644 g/mol. The van der Waals surface area contributed by atoms with Crippen molar-refractivity contribution in [3.8, 4) is 5.69 Å². The molecule has 0 saturated carbocycles. The summed E-state index contributed by atoms with van der Waals surface area (Å²) in [6.45, 7) is 4.92. The first-order valence-electron chi connectivity index (χ1n) is 13.6. The molecule has 1 atom stereocenters. The maximum Gasteiger partial charge on any atom is 0.435 e. The molecular formula is C31H29F4N5O6. The molecule has 0 spiro atoms. The lowest BCUT2D eigenvalue weighted by Gasteiger charge is -2.20. The number of nitrogens with zero attached hydrogens (tertiary/aromatic N) is 2. The van der Waals surface area contributed by atoms with Gasteiger partial charge in [-0.15, -0.1) is 0 Å². The predicted octanol–water partition coefficient (Wildman–Crippen LogP) is 6.48. The molecule has 242 valence electrons. The molecule has 1 aromatic heterocycles. The Morgan fingerprint density at radius 1 is 0.935 bits per heavy atom. The van der Waals surface area contributed by atoms with Crippen LogP contribution in [0.15, 0.2) is 72.8 Å². The van der Waals surface area contributed by atoms with E-state index in [0.29, 0.717) is 27.6 Å². The van der Waals surface area contributed by atoms with Gasteiger partial charge in [0.15, 0.2) is 5.69 Å². The Bertz CT molecular complexity index is 1770. The number of benzene rings is 3. The van der Waals surface area contributed by atoms with Gasteiger partial charge in [0.1, 0.15) is 23.2 Å². The van der Waals surface area contributed by atoms with Crippen molar-refractivity contribution in [1.82, 2.24) is 15.1 Å². The number of carbonyl (C=O) groups excluding carboxylic acids is 2. The van der Waals surface area contributed by atoms with Crippen molar-refractivity contribution < 1.29 is 46.9 Å². The fourth-order valence-corrected chi connectivity index (χ4v) is 4.25. The molecule has 1 heterocycles. The van der Waals surface area contributed by atoms with Gasteiger partial charge >= 0.3 is 18.4 Å². The Labute approximate surface area is 259 Å². The third-order valence-electron chi connectivity index (χ3n) is 6.23. The highest BCUT2D eigenvalue weighted by Gasteiger charge is 2.36. The van der Waals surface area contributed by atoms with Gasteiger partial charge in [-0.05, 0) is 73.9 Å². The summed E-state index contributed by atoms with van der Waals surface area (Å²) >= 11 is 0. The topological polar surface area (TPSA) is 155 Å². The van der Waals surface area contributed by atoms with Crippen molar-refractivity contribution in [2.45, 2.75) is 45.2 Å². The largest absolute Gasteiger partial charge is 0.465 e. The van der Waals surface area contributed by atoms with Crippen molar-refractivity contribution in [3.05, 3.63) is 107 Å². The van der Waals surface area contributed by atoms with Gasteiger partial charge in [-0.25, -0.2) is 18.7 Å². The van der Waals surface area contributed by atoms with Gasteiger partial charge in [-0.2, -0.15) is 18.3 Å². The smallest absolute Gasteiger partial charge is 0.435 e. The number of halogens is 4. The molecular weight excluding hydrogens is 614 g/mol. The van der Waals surface area contributed by atoms with Crippen molar-refractivity contribution in [2.24, 2.45) is 0 Å². The lowest BCUT2D eigenvalue weighted by atomic mass is 10.0. The number of aromatic nitrogens is 2. The Morgan fingerprint density at radius 3 is 2.30 bits per heavy atom. The van der Waals surface area contributed by atoms with E-state index in [9.17, 15) is 37.1 Å². The summed E-state index contributed by atoms with van der Waals surface area (Å²) in [4.78, 5) is 36.3. The van der Waals surface area contributed by atoms with E-state index < -0.39 is 58.9 Å². The van der Waals surface area contributed by atoms with Crippen LogP contribution in [-0.4, -0.2) is 43.7 Å². The summed E-state index contributed by atoms with van der Waals surface area (Å²) in [6.07, 6.45) is -8.32. The number of aliphatic hydroxyl groups excluding tert-OH is 1. The molecule has 5 N–H and O–H groups in total. The number of ether oxygens (including phenoxy) is 1. The Balaban J connectivity index is 1.61. The van der Waals surface area contributed by atoms with E-state index in [2.05, 4.69) is 21.0 Å². The maximum absolute atomic E-state index is 14.9. The van der Waals surface area contributed by atoms with Crippen molar-refractivity contribution >= 4 is 29.5 Å². The summed E-state index contributed by atoms with van der Waals surface area (Å²) in [5.74, 6) is -2.08. The number of alkyl halides is 3. The number of aliphatic hydroxyl groups is 1. The van der Waals surface area contributed by atoms with Crippen molar-refractivity contribution in [3.63, 3.8) is 0 Å². The number of carbonyl (C=O) groups is 3. The van der Waals surface area contributed by atoms with E-state index in [1.165, 1.54) is 36.4 Å². The number of hydrogen-bond donors (Lipinski definition) is 5. The van der Waals surface area contributed by atoms with Crippen LogP contribution >= 0.6 is 0 Å². The molecule has 0 aliphatic carbocycles. The van der Waals surface area contributed by atoms with Crippen LogP contribution in [0.2, 0.25) is 0 Å². The molecule has 0 aliphatic rings. The molecule has 3 aromatic carbocycles. The van der Waals surface area contributed by atoms with Gasteiger partial charge in [-0.3, -0.25) is 10.1 Å². The monoisotopic (exact) mass is 643 g/mol. The lowest BCUT2D eigenvalue weighted by molar-refractivity contribution is -0.141. The van der Waals surface area contributed by atoms with Crippen LogP contribution in [0.3, 0.4) is 0 Å². The third kappa shape index (κ3) is 8.59. The number of carboxylic acid groups (broad SMARTS) is 1. The number of rotatable bonds is 8. The first-order chi connectivity index (χ1) is 21.5. The summed E-state index contributed by atoms with van der Waals surface area (Å²) < 4.78 is 61.6. The van der Waals surface area contributed by atoms with Gasteiger partial charge in [0, 0.05) is 18.3 Å². The highest BCUT2D eigenvalue weighted by Crippen LogP contribution is 2.31. The van der Waals surface area contributed by atoms with E-state index in [-0.39, 0.29) is 17.8 Å². The van der Waals surface area contributed by atoms with E-state index in [4.69, 9.17) is 9.84 Å². The number of nitrogens with one attached hydrogen (secondary N) is 3. The number of amides is 3. The fourth-order valence-electron chi connectivity index (χ4n) is 4.25. The van der Waals surface area contributed by atoms with Crippen LogP contribution in [0.25, 0.3) is 5.69 Å². The highest BCUT2D eigenvalue weighted by atomic mass is 19.4. The second kappa shape index (κ2) is 13.3. The normalized spacial score (nSPS) is 12.3. The second-order valence-corrected chi connectivity index (χ2v) is 11.0. The predicted molar refractivity (Wildman–Crippen MR) is 158 cm³/mol. The molecule has 46 heavy (non-hydrogen) atoms. The van der Waals surface area contributed by atoms with E-state index in [1.807, 2.05) is 0 Å². The third-order valence-corrected chi connectivity index (χ3v) is 6.23.